The minimum absolute atomic E-state index is 0.0206. The van der Waals surface area contributed by atoms with Gasteiger partial charge < -0.3 is 15.4 Å². The molecule has 15 heavy (non-hydrogen) atoms. The largest absolute Gasteiger partial charge is 0.506 e. The van der Waals surface area contributed by atoms with Crippen molar-refractivity contribution >= 4 is 17.5 Å². The van der Waals surface area contributed by atoms with Crippen LogP contribution in [-0.2, 0) is 0 Å². The molecule has 1 aromatic heterocycles. The number of hydrogen-bond donors (Lipinski definition) is 2. The third-order valence-electron chi connectivity index (χ3n) is 2.09. The highest BCUT2D eigenvalue weighted by molar-refractivity contribution is 6.34. The van der Waals surface area contributed by atoms with Crippen molar-refractivity contribution in [2.45, 2.75) is 6.92 Å². The maximum Gasteiger partial charge on any atom is 0.230 e. The number of phenolic OH excluding ortho intramolecular Hbond substituents is 1. The number of aromatic hydroxyl groups is 1. The van der Waals surface area contributed by atoms with Gasteiger partial charge in [-0.1, -0.05) is 16.8 Å². The van der Waals surface area contributed by atoms with Crippen LogP contribution in [0.5, 0.6) is 5.75 Å². The van der Waals surface area contributed by atoms with Crippen molar-refractivity contribution in [3.05, 3.63) is 28.9 Å². The molecule has 0 bridgehead atoms. The minimum atomic E-state index is 0.0206. The van der Waals surface area contributed by atoms with Crippen molar-refractivity contribution in [2.24, 2.45) is 0 Å². The molecule has 5 heteroatoms. The maximum atomic E-state index is 9.55. The molecule has 1 aromatic carbocycles. The fourth-order valence-corrected chi connectivity index (χ4v) is 1.61. The van der Waals surface area contributed by atoms with Gasteiger partial charge in [0.1, 0.15) is 5.75 Å². The minimum Gasteiger partial charge on any atom is -0.506 e. The van der Waals surface area contributed by atoms with E-state index in [2.05, 4.69) is 5.16 Å². The van der Waals surface area contributed by atoms with Gasteiger partial charge in [-0.05, 0) is 24.6 Å². The van der Waals surface area contributed by atoms with Crippen molar-refractivity contribution in [2.75, 3.05) is 5.73 Å². The van der Waals surface area contributed by atoms with Crippen LogP contribution >= 0.6 is 11.6 Å². The number of benzene rings is 1. The van der Waals surface area contributed by atoms with Crippen LogP contribution in [0.15, 0.2) is 22.9 Å². The first-order valence-electron chi connectivity index (χ1n) is 4.29. The van der Waals surface area contributed by atoms with E-state index in [4.69, 9.17) is 21.9 Å². The lowest BCUT2D eigenvalue weighted by atomic mass is 10.1. The van der Waals surface area contributed by atoms with Crippen LogP contribution in [0.4, 0.5) is 5.88 Å². The van der Waals surface area contributed by atoms with Gasteiger partial charge in [0.05, 0.1) is 16.8 Å². The number of phenols is 1. The Morgan fingerprint density at radius 2 is 2.13 bits per heavy atom. The summed E-state index contributed by atoms with van der Waals surface area (Å²) < 4.78 is 4.74. The van der Waals surface area contributed by atoms with Crippen LogP contribution in [0.25, 0.3) is 11.1 Å². The smallest absolute Gasteiger partial charge is 0.230 e. The number of rotatable bonds is 1. The van der Waals surface area contributed by atoms with E-state index in [1.165, 1.54) is 6.20 Å². The summed E-state index contributed by atoms with van der Waals surface area (Å²) in [5, 5.41) is 13.4. The van der Waals surface area contributed by atoms with Crippen molar-refractivity contribution in [3.63, 3.8) is 0 Å². The van der Waals surface area contributed by atoms with Crippen molar-refractivity contribution in [1.82, 2.24) is 5.16 Å². The quantitative estimate of drug-likeness (QED) is 0.781. The second kappa shape index (κ2) is 3.47. The zero-order valence-electron chi connectivity index (χ0n) is 7.99. The molecule has 0 amide bonds. The predicted octanol–water partition coefficient (Wildman–Crippen LogP) is 2.59. The van der Waals surface area contributed by atoms with E-state index in [9.17, 15) is 5.11 Å². The van der Waals surface area contributed by atoms with E-state index < -0.39 is 0 Å². The Hall–Kier alpha value is -1.68. The Morgan fingerprint density at radius 1 is 1.40 bits per heavy atom. The first-order valence-corrected chi connectivity index (χ1v) is 4.67. The standard InChI is InChI=1S/C10H9ClN2O2/c1-5-2-6(9(11)8(14)3-5)7-4-13-15-10(7)12/h2-4,14H,12H2,1H3. The first kappa shape index (κ1) is 9.86. The van der Waals surface area contributed by atoms with E-state index in [0.717, 1.165) is 5.56 Å². The SMILES string of the molecule is Cc1cc(O)c(Cl)c(-c2cnoc2N)c1. The Balaban J connectivity index is 2.68. The van der Waals surface area contributed by atoms with E-state index >= 15 is 0 Å². The third-order valence-corrected chi connectivity index (χ3v) is 2.48. The Labute approximate surface area is 91.3 Å². The van der Waals surface area contributed by atoms with Gasteiger partial charge in [0, 0.05) is 5.56 Å². The molecule has 78 valence electrons. The summed E-state index contributed by atoms with van der Waals surface area (Å²) in [6.45, 7) is 1.85. The van der Waals surface area contributed by atoms with Gasteiger partial charge in [-0.2, -0.15) is 0 Å². The number of nitrogens with zero attached hydrogens (tertiary/aromatic N) is 1. The number of halogens is 1. The highest BCUT2D eigenvalue weighted by Gasteiger charge is 2.14. The van der Waals surface area contributed by atoms with Crippen LogP contribution in [-0.4, -0.2) is 10.3 Å². The van der Waals surface area contributed by atoms with Gasteiger partial charge >= 0.3 is 0 Å². The third kappa shape index (κ3) is 1.64. The van der Waals surface area contributed by atoms with E-state index in [0.29, 0.717) is 11.1 Å². The summed E-state index contributed by atoms with van der Waals surface area (Å²) in [5.41, 5.74) is 7.65. The summed E-state index contributed by atoms with van der Waals surface area (Å²) in [6, 6.07) is 3.39. The van der Waals surface area contributed by atoms with Gasteiger partial charge in [0.25, 0.3) is 0 Å². The van der Waals surface area contributed by atoms with Gasteiger partial charge in [-0.3, -0.25) is 0 Å². The molecule has 2 aromatic rings. The number of anilines is 1. The van der Waals surface area contributed by atoms with Gasteiger partial charge in [-0.25, -0.2) is 0 Å². The fraction of sp³-hybridized carbons (Fsp3) is 0.100. The highest BCUT2D eigenvalue weighted by atomic mass is 35.5. The van der Waals surface area contributed by atoms with Crippen LogP contribution in [0.3, 0.4) is 0 Å². The Morgan fingerprint density at radius 3 is 2.73 bits per heavy atom. The molecular weight excluding hydrogens is 216 g/mol. The molecule has 0 aliphatic carbocycles. The maximum absolute atomic E-state index is 9.55. The van der Waals surface area contributed by atoms with E-state index in [-0.39, 0.29) is 16.7 Å². The number of nitrogens with two attached hydrogens (primary N) is 1. The molecule has 0 aliphatic rings. The highest BCUT2D eigenvalue weighted by Crippen LogP contribution is 2.37. The molecule has 0 aliphatic heterocycles. The molecule has 0 atom stereocenters. The molecule has 0 fully saturated rings. The second-order valence-electron chi connectivity index (χ2n) is 3.25. The molecule has 0 saturated carbocycles. The second-order valence-corrected chi connectivity index (χ2v) is 3.63. The molecule has 0 unspecified atom stereocenters. The predicted molar refractivity (Wildman–Crippen MR) is 57.8 cm³/mol. The van der Waals surface area contributed by atoms with Crippen LogP contribution in [0.1, 0.15) is 5.56 Å². The van der Waals surface area contributed by atoms with Gasteiger partial charge in [-0.15, -0.1) is 0 Å². The van der Waals surface area contributed by atoms with Crippen molar-refractivity contribution in [3.8, 4) is 16.9 Å². The number of hydrogen-bond acceptors (Lipinski definition) is 4. The lowest BCUT2D eigenvalue weighted by molar-refractivity contribution is 0.436. The van der Waals surface area contributed by atoms with Crippen LogP contribution < -0.4 is 5.73 Å². The average molecular weight is 225 g/mol. The summed E-state index contributed by atoms with van der Waals surface area (Å²) in [5.74, 6) is 0.203. The molecule has 4 nitrogen and oxygen atoms in total. The molecule has 0 saturated heterocycles. The molecule has 1 heterocycles. The zero-order valence-corrected chi connectivity index (χ0v) is 8.75. The lowest BCUT2D eigenvalue weighted by Gasteiger charge is -2.05. The topological polar surface area (TPSA) is 72.3 Å². The summed E-state index contributed by atoms with van der Waals surface area (Å²) >= 11 is 5.95. The number of aromatic nitrogens is 1. The average Bonchev–Trinajstić information content (AvgIpc) is 2.58. The number of nitrogen functional groups attached to an aromatic ring is 1. The van der Waals surface area contributed by atoms with Crippen LogP contribution in [0, 0.1) is 6.92 Å². The molecule has 3 N–H and O–H groups in total. The molecular formula is C10H9ClN2O2. The first-order chi connectivity index (χ1) is 7.09. The summed E-state index contributed by atoms with van der Waals surface area (Å²) in [7, 11) is 0. The normalized spacial score (nSPS) is 10.5. The van der Waals surface area contributed by atoms with E-state index in [1.807, 2.05) is 13.0 Å². The molecule has 0 radical (unpaired) electrons. The Bertz CT molecular complexity index is 508. The van der Waals surface area contributed by atoms with E-state index in [1.54, 1.807) is 6.07 Å². The zero-order chi connectivity index (χ0) is 11.0. The van der Waals surface area contributed by atoms with Gasteiger partial charge in [0.2, 0.25) is 5.88 Å². The fourth-order valence-electron chi connectivity index (χ4n) is 1.40. The van der Waals surface area contributed by atoms with Gasteiger partial charge in [0.15, 0.2) is 0 Å². The number of aryl methyl sites for hydroxylation is 1. The summed E-state index contributed by atoms with van der Waals surface area (Å²) in [6.07, 6.45) is 1.47. The molecule has 0 spiro atoms. The summed E-state index contributed by atoms with van der Waals surface area (Å²) in [4.78, 5) is 0. The monoisotopic (exact) mass is 224 g/mol. The Kier molecular flexibility index (Phi) is 2.28. The van der Waals surface area contributed by atoms with Crippen LogP contribution in [0.2, 0.25) is 5.02 Å². The lowest BCUT2D eigenvalue weighted by Crippen LogP contribution is -1.87. The van der Waals surface area contributed by atoms with Crippen molar-refractivity contribution in [1.29, 1.82) is 0 Å². The molecule has 2 rings (SSSR count). The van der Waals surface area contributed by atoms with Crippen molar-refractivity contribution < 1.29 is 9.63 Å².